The maximum absolute atomic E-state index is 11.8. The van der Waals surface area contributed by atoms with Crippen LogP contribution in [0.2, 0.25) is 0 Å². The first kappa shape index (κ1) is 12.6. The largest absolute Gasteiger partial charge is 0.346 e. The summed E-state index contributed by atoms with van der Waals surface area (Å²) in [7, 11) is 0. The minimum Gasteiger partial charge on any atom is -0.346 e. The lowest BCUT2D eigenvalue weighted by atomic mass is 9.77. The van der Waals surface area contributed by atoms with Crippen molar-refractivity contribution in [2.45, 2.75) is 57.0 Å². The number of nitrogens with two attached hydrogens (primary N) is 1. The van der Waals surface area contributed by atoms with Gasteiger partial charge < -0.3 is 15.6 Å². The van der Waals surface area contributed by atoms with Crippen LogP contribution < -0.4 is 11.1 Å². The molecule has 1 aromatic rings. The molecule has 104 valence electrons. The Morgan fingerprint density at radius 1 is 1.47 bits per heavy atom. The number of amides is 1. The Kier molecular flexibility index (Phi) is 3.05. The first-order valence-electron chi connectivity index (χ1n) is 7.01. The molecule has 0 aliphatic heterocycles. The van der Waals surface area contributed by atoms with Crippen molar-refractivity contribution in [1.82, 2.24) is 15.5 Å². The van der Waals surface area contributed by atoms with Crippen molar-refractivity contribution in [3.8, 4) is 0 Å². The summed E-state index contributed by atoms with van der Waals surface area (Å²) >= 11 is 0. The molecule has 2 unspecified atom stereocenters. The normalized spacial score (nSPS) is 31.2. The van der Waals surface area contributed by atoms with E-state index >= 15 is 0 Å². The van der Waals surface area contributed by atoms with Gasteiger partial charge in [0.05, 0.1) is 5.54 Å². The molecule has 0 spiro atoms. The molecule has 0 bridgehead atoms. The highest BCUT2D eigenvalue weighted by atomic mass is 16.5. The summed E-state index contributed by atoms with van der Waals surface area (Å²) in [6.07, 6.45) is 5.98. The zero-order chi connectivity index (χ0) is 13.5. The van der Waals surface area contributed by atoms with Crippen LogP contribution in [0.4, 0.5) is 0 Å². The van der Waals surface area contributed by atoms with E-state index in [-0.39, 0.29) is 17.8 Å². The van der Waals surface area contributed by atoms with Crippen molar-refractivity contribution in [3.63, 3.8) is 0 Å². The van der Waals surface area contributed by atoms with Gasteiger partial charge in [-0.1, -0.05) is 24.9 Å². The molecule has 2 aliphatic carbocycles. The number of rotatable bonds is 3. The quantitative estimate of drug-likeness (QED) is 0.858. The molecule has 2 aliphatic rings. The number of hydrogen-bond donors (Lipinski definition) is 2. The summed E-state index contributed by atoms with van der Waals surface area (Å²) in [5.41, 5.74) is 5.80. The van der Waals surface area contributed by atoms with Crippen molar-refractivity contribution in [3.05, 3.63) is 11.7 Å². The molecule has 6 nitrogen and oxygen atoms in total. The molecular weight excluding hydrogens is 244 g/mol. The van der Waals surface area contributed by atoms with Gasteiger partial charge in [0.1, 0.15) is 0 Å². The fourth-order valence-electron chi connectivity index (χ4n) is 2.78. The van der Waals surface area contributed by atoms with Crippen LogP contribution in [-0.4, -0.2) is 22.1 Å². The van der Waals surface area contributed by atoms with Crippen molar-refractivity contribution in [2.24, 2.45) is 11.7 Å². The predicted molar refractivity (Wildman–Crippen MR) is 68.3 cm³/mol. The van der Waals surface area contributed by atoms with E-state index in [0.717, 1.165) is 32.1 Å². The van der Waals surface area contributed by atoms with Gasteiger partial charge in [-0.05, 0) is 31.6 Å². The summed E-state index contributed by atoms with van der Waals surface area (Å²) in [5, 5.41) is 6.61. The molecule has 19 heavy (non-hydrogen) atoms. The van der Waals surface area contributed by atoms with Gasteiger partial charge in [0, 0.05) is 6.04 Å². The molecule has 0 saturated heterocycles. The Bertz CT molecular complexity index is 483. The maximum Gasteiger partial charge on any atom is 0.292 e. The molecule has 2 saturated carbocycles. The third-order valence-corrected chi connectivity index (χ3v) is 4.00. The molecule has 0 aromatic carbocycles. The Balaban J connectivity index is 1.74. The summed E-state index contributed by atoms with van der Waals surface area (Å²) < 4.78 is 5.23. The second-order valence-corrected chi connectivity index (χ2v) is 6.03. The number of carbonyl (C=O) groups is 1. The Morgan fingerprint density at radius 3 is 2.95 bits per heavy atom. The number of carbonyl (C=O) groups excluding carboxylic acids is 1. The van der Waals surface area contributed by atoms with Crippen molar-refractivity contribution in [1.29, 1.82) is 0 Å². The standard InChI is InChI=1S/C13H20N4O2/c1-8-3-2-6-13(14,7-8)12-16-10(17-19-12)11(18)15-9-4-5-9/h8-9H,2-7,14H2,1H3,(H,15,18). The van der Waals surface area contributed by atoms with E-state index in [2.05, 4.69) is 22.4 Å². The van der Waals surface area contributed by atoms with E-state index in [1.165, 1.54) is 6.42 Å². The van der Waals surface area contributed by atoms with Crippen LogP contribution in [0.1, 0.15) is 62.0 Å². The monoisotopic (exact) mass is 264 g/mol. The minimum absolute atomic E-state index is 0.102. The van der Waals surface area contributed by atoms with Crippen LogP contribution in [0.5, 0.6) is 0 Å². The summed E-state index contributed by atoms with van der Waals surface area (Å²) in [6.45, 7) is 2.18. The zero-order valence-electron chi connectivity index (χ0n) is 11.2. The lowest BCUT2D eigenvalue weighted by molar-refractivity contribution is 0.0937. The highest BCUT2D eigenvalue weighted by Gasteiger charge is 2.38. The molecule has 3 rings (SSSR count). The van der Waals surface area contributed by atoms with Gasteiger partial charge in [0.15, 0.2) is 0 Å². The van der Waals surface area contributed by atoms with Gasteiger partial charge in [-0.15, -0.1) is 0 Å². The van der Waals surface area contributed by atoms with Crippen LogP contribution in [0.15, 0.2) is 4.52 Å². The molecule has 3 N–H and O–H groups in total. The topological polar surface area (TPSA) is 94.0 Å². The van der Waals surface area contributed by atoms with Gasteiger partial charge in [-0.3, -0.25) is 4.79 Å². The second-order valence-electron chi connectivity index (χ2n) is 6.03. The van der Waals surface area contributed by atoms with E-state index < -0.39 is 5.54 Å². The van der Waals surface area contributed by atoms with E-state index in [0.29, 0.717) is 11.8 Å². The molecule has 1 heterocycles. The molecule has 2 atom stereocenters. The van der Waals surface area contributed by atoms with Gasteiger partial charge in [0.2, 0.25) is 5.89 Å². The SMILES string of the molecule is CC1CCCC(N)(c2nc(C(=O)NC3CC3)no2)C1. The fraction of sp³-hybridized carbons (Fsp3) is 0.769. The van der Waals surface area contributed by atoms with E-state index in [9.17, 15) is 4.79 Å². The number of aromatic nitrogens is 2. The zero-order valence-corrected chi connectivity index (χ0v) is 11.2. The van der Waals surface area contributed by atoms with Crippen LogP contribution in [-0.2, 0) is 5.54 Å². The molecule has 2 fully saturated rings. The first-order chi connectivity index (χ1) is 9.07. The molecule has 1 amide bonds. The summed E-state index contributed by atoms with van der Waals surface area (Å²) in [5.74, 6) is 0.796. The highest BCUT2D eigenvalue weighted by Crippen LogP contribution is 2.36. The molecule has 1 aromatic heterocycles. The van der Waals surface area contributed by atoms with Gasteiger partial charge in [0.25, 0.3) is 11.7 Å². The maximum atomic E-state index is 11.8. The minimum atomic E-state index is -0.567. The van der Waals surface area contributed by atoms with E-state index in [4.69, 9.17) is 10.3 Å². The van der Waals surface area contributed by atoms with Crippen molar-refractivity contribution >= 4 is 5.91 Å². The Morgan fingerprint density at radius 2 is 2.26 bits per heavy atom. The lowest BCUT2D eigenvalue weighted by Crippen LogP contribution is -2.41. The average molecular weight is 264 g/mol. The third-order valence-electron chi connectivity index (χ3n) is 4.00. The Hall–Kier alpha value is -1.43. The number of nitrogens with one attached hydrogen (secondary N) is 1. The predicted octanol–water partition coefficient (Wildman–Crippen LogP) is 1.33. The van der Waals surface area contributed by atoms with E-state index in [1.54, 1.807) is 0 Å². The second kappa shape index (κ2) is 4.59. The number of hydrogen-bond acceptors (Lipinski definition) is 5. The Labute approximate surface area is 112 Å². The third kappa shape index (κ3) is 2.63. The smallest absolute Gasteiger partial charge is 0.292 e. The van der Waals surface area contributed by atoms with Crippen LogP contribution in [0.3, 0.4) is 0 Å². The molecule has 0 radical (unpaired) electrons. The summed E-state index contributed by atoms with van der Waals surface area (Å²) in [6, 6.07) is 0.288. The average Bonchev–Trinajstić information content (AvgIpc) is 3.02. The highest BCUT2D eigenvalue weighted by molar-refractivity contribution is 5.90. The van der Waals surface area contributed by atoms with Gasteiger partial charge in [-0.2, -0.15) is 4.98 Å². The van der Waals surface area contributed by atoms with E-state index in [1.807, 2.05) is 0 Å². The van der Waals surface area contributed by atoms with Gasteiger partial charge in [-0.25, -0.2) is 0 Å². The molecule has 6 heteroatoms. The van der Waals surface area contributed by atoms with Crippen LogP contribution in [0, 0.1) is 5.92 Å². The van der Waals surface area contributed by atoms with Crippen LogP contribution in [0.25, 0.3) is 0 Å². The van der Waals surface area contributed by atoms with Crippen LogP contribution >= 0.6 is 0 Å². The summed E-state index contributed by atoms with van der Waals surface area (Å²) in [4.78, 5) is 16.0. The van der Waals surface area contributed by atoms with Crippen molar-refractivity contribution in [2.75, 3.05) is 0 Å². The number of nitrogens with zero attached hydrogens (tertiary/aromatic N) is 2. The first-order valence-corrected chi connectivity index (χ1v) is 7.01. The lowest BCUT2D eigenvalue weighted by Gasteiger charge is -2.33. The van der Waals surface area contributed by atoms with Crippen molar-refractivity contribution < 1.29 is 9.32 Å². The fourth-order valence-corrected chi connectivity index (χ4v) is 2.78. The molecular formula is C13H20N4O2. The van der Waals surface area contributed by atoms with Gasteiger partial charge >= 0.3 is 0 Å².